The molecular weight excluding hydrogens is 240 g/mol. The average molecular weight is 255 g/mol. The molecular formula is C8H15BrO4. The first-order valence-electron chi connectivity index (χ1n) is 3.74. The van der Waals surface area contributed by atoms with Crippen LogP contribution in [0.15, 0.2) is 0 Å². The van der Waals surface area contributed by atoms with E-state index in [1.165, 1.54) is 0 Å². The Morgan fingerprint density at radius 2 is 1.38 bits per heavy atom. The molecule has 0 unspecified atom stereocenters. The molecule has 0 aliphatic heterocycles. The molecule has 0 heterocycles. The third-order valence-electron chi connectivity index (χ3n) is 1.00. The smallest absolute Gasteiger partial charge is 0.319 e. The van der Waals surface area contributed by atoms with Gasteiger partial charge in [0.05, 0.1) is 5.92 Å². The topological polar surface area (TPSA) is 74.6 Å². The van der Waals surface area contributed by atoms with Crippen LogP contribution in [-0.2, 0) is 9.59 Å². The van der Waals surface area contributed by atoms with Gasteiger partial charge in [-0.2, -0.15) is 0 Å². The molecule has 13 heavy (non-hydrogen) atoms. The Labute approximate surface area is 86.1 Å². The van der Waals surface area contributed by atoms with E-state index in [2.05, 4.69) is 15.9 Å². The van der Waals surface area contributed by atoms with Gasteiger partial charge in [-0.25, -0.2) is 0 Å². The second-order valence-corrected chi connectivity index (χ2v) is 5.25. The maximum absolute atomic E-state index is 9.97. The summed E-state index contributed by atoms with van der Waals surface area (Å²) in [5.74, 6) is -1.81. The van der Waals surface area contributed by atoms with Crippen molar-refractivity contribution in [1.82, 2.24) is 0 Å². The van der Waals surface area contributed by atoms with E-state index >= 15 is 0 Å². The predicted octanol–water partition coefficient (Wildman–Crippen LogP) is 1.97. The molecule has 0 bridgehead atoms. The van der Waals surface area contributed by atoms with Crippen LogP contribution in [0.25, 0.3) is 0 Å². The van der Waals surface area contributed by atoms with Crippen molar-refractivity contribution in [3.05, 3.63) is 0 Å². The lowest BCUT2D eigenvalue weighted by Crippen LogP contribution is -2.22. The van der Waals surface area contributed by atoms with Gasteiger partial charge in [0.25, 0.3) is 0 Å². The van der Waals surface area contributed by atoms with E-state index in [9.17, 15) is 9.59 Å². The Balaban J connectivity index is 0. The number of halogens is 1. The van der Waals surface area contributed by atoms with Crippen molar-refractivity contribution >= 4 is 27.9 Å². The molecule has 78 valence electrons. The molecule has 2 N–H and O–H groups in total. The van der Waals surface area contributed by atoms with Crippen LogP contribution in [0.4, 0.5) is 0 Å². The second kappa shape index (κ2) is 5.96. The summed E-state index contributed by atoms with van der Waals surface area (Å²) in [6.07, 6.45) is 0. The van der Waals surface area contributed by atoms with Crippen LogP contribution in [0.2, 0.25) is 0 Å². The molecule has 0 aromatic carbocycles. The highest BCUT2D eigenvalue weighted by molar-refractivity contribution is 9.10. The Morgan fingerprint density at radius 1 is 1.23 bits per heavy atom. The van der Waals surface area contributed by atoms with Crippen LogP contribution in [0, 0.1) is 5.92 Å². The largest absolute Gasteiger partial charge is 0.481 e. The zero-order valence-corrected chi connectivity index (χ0v) is 9.75. The maximum atomic E-state index is 9.97. The van der Waals surface area contributed by atoms with Gasteiger partial charge in [0.1, 0.15) is 4.32 Å². The number of carbonyl (C=O) groups is 2. The van der Waals surface area contributed by atoms with Crippen molar-refractivity contribution in [1.29, 1.82) is 0 Å². The van der Waals surface area contributed by atoms with Crippen LogP contribution >= 0.6 is 15.9 Å². The average Bonchev–Trinajstić information content (AvgIpc) is 1.86. The van der Waals surface area contributed by atoms with Crippen molar-refractivity contribution in [2.45, 2.75) is 32.0 Å². The minimum Gasteiger partial charge on any atom is -0.481 e. The van der Waals surface area contributed by atoms with E-state index in [0.29, 0.717) is 0 Å². The highest BCUT2D eigenvalue weighted by Gasteiger charge is 2.21. The lowest BCUT2D eigenvalue weighted by molar-refractivity contribution is -0.140. The van der Waals surface area contributed by atoms with Gasteiger partial charge in [0, 0.05) is 0 Å². The molecule has 0 amide bonds. The minimum atomic E-state index is -0.840. The number of alkyl halides is 1. The molecule has 0 atom stereocenters. The first kappa shape index (κ1) is 14.9. The Morgan fingerprint density at radius 3 is 1.38 bits per heavy atom. The second-order valence-electron chi connectivity index (χ2n) is 3.27. The molecule has 0 radical (unpaired) electrons. The molecule has 0 spiro atoms. The van der Waals surface area contributed by atoms with Gasteiger partial charge in [-0.3, -0.25) is 9.59 Å². The zero-order chi connectivity index (χ0) is 11.2. The number of carboxylic acids is 2. The summed E-state index contributed by atoms with van der Waals surface area (Å²) in [4.78, 5) is 19.7. The van der Waals surface area contributed by atoms with Crippen LogP contribution in [0.5, 0.6) is 0 Å². The predicted molar refractivity (Wildman–Crippen MR) is 53.1 cm³/mol. The Hall–Kier alpha value is -0.580. The number of rotatable bonds is 2. The first-order chi connectivity index (χ1) is 5.59. The van der Waals surface area contributed by atoms with Crippen molar-refractivity contribution in [3.63, 3.8) is 0 Å². The number of hydrogen-bond acceptors (Lipinski definition) is 2. The van der Waals surface area contributed by atoms with E-state index in [0.717, 1.165) is 0 Å². The van der Waals surface area contributed by atoms with E-state index in [-0.39, 0.29) is 5.92 Å². The molecule has 0 aromatic heterocycles. The molecule has 4 nitrogen and oxygen atoms in total. The van der Waals surface area contributed by atoms with Crippen LogP contribution in [0.1, 0.15) is 27.7 Å². The first-order valence-corrected chi connectivity index (χ1v) is 4.53. The van der Waals surface area contributed by atoms with Crippen LogP contribution in [0.3, 0.4) is 0 Å². The molecule has 0 aliphatic rings. The number of aliphatic carboxylic acids is 2. The fourth-order valence-corrected chi connectivity index (χ4v) is 0. The highest BCUT2D eigenvalue weighted by atomic mass is 79.9. The van der Waals surface area contributed by atoms with Crippen LogP contribution in [-0.4, -0.2) is 26.5 Å². The zero-order valence-electron chi connectivity index (χ0n) is 8.17. The molecule has 0 saturated heterocycles. The van der Waals surface area contributed by atoms with Crippen molar-refractivity contribution in [2.75, 3.05) is 0 Å². The molecule has 5 heteroatoms. The minimum absolute atomic E-state index is 0.231. The third-order valence-corrected chi connectivity index (χ3v) is 1.34. The molecule has 0 aromatic rings. The fourth-order valence-electron chi connectivity index (χ4n) is 0. The monoisotopic (exact) mass is 254 g/mol. The Bertz CT molecular complexity index is 181. The highest BCUT2D eigenvalue weighted by Crippen LogP contribution is 2.14. The molecule has 0 fully saturated rings. The lowest BCUT2D eigenvalue weighted by atomic mass is 10.2. The normalized spacial score (nSPS) is 10.3. The summed E-state index contributed by atoms with van der Waals surface area (Å²) in [6.45, 7) is 6.44. The lowest BCUT2D eigenvalue weighted by Gasteiger charge is -2.06. The molecule has 0 rings (SSSR count). The van der Waals surface area contributed by atoms with E-state index in [1.54, 1.807) is 27.7 Å². The van der Waals surface area contributed by atoms with Crippen molar-refractivity contribution < 1.29 is 19.8 Å². The van der Waals surface area contributed by atoms with Gasteiger partial charge in [0.2, 0.25) is 0 Å². The van der Waals surface area contributed by atoms with Gasteiger partial charge >= 0.3 is 11.9 Å². The summed E-state index contributed by atoms with van der Waals surface area (Å²) >= 11 is 2.94. The third kappa shape index (κ3) is 11.4. The summed E-state index contributed by atoms with van der Waals surface area (Å²) in [6, 6.07) is 0. The van der Waals surface area contributed by atoms with E-state index in [4.69, 9.17) is 10.2 Å². The standard InChI is InChI=1S/C4H7BrO2.C4H8O2/c1-4(2,5)3(6)7;1-3(2)4(5)6/h1-2H3,(H,6,7);3H,1-2H3,(H,5,6). The van der Waals surface area contributed by atoms with Gasteiger partial charge < -0.3 is 10.2 Å². The fraction of sp³-hybridized carbons (Fsp3) is 0.750. The van der Waals surface area contributed by atoms with Crippen LogP contribution < -0.4 is 0 Å². The number of carboxylic acid groups (broad SMARTS) is 2. The summed E-state index contributed by atoms with van der Waals surface area (Å²) in [5.41, 5.74) is 0. The quantitative estimate of drug-likeness (QED) is 0.740. The van der Waals surface area contributed by atoms with Crippen molar-refractivity contribution in [2.24, 2.45) is 5.92 Å². The number of hydrogen-bond donors (Lipinski definition) is 2. The Kier molecular flexibility index (Phi) is 6.84. The van der Waals surface area contributed by atoms with Gasteiger partial charge in [-0.1, -0.05) is 29.8 Å². The van der Waals surface area contributed by atoms with Gasteiger partial charge in [-0.15, -0.1) is 0 Å². The van der Waals surface area contributed by atoms with Crippen molar-refractivity contribution in [3.8, 4) is 0 Å². The summed E-state index contributed by atoms with van der Waals surface area (Å²) in [5, 5.41) is 16.2. The van der Waals surface area contributed by atoms with Gasteiger partial charge in [0.15, 0.2) is 0 Å². The van der Waals surface area contributed by atoms with E-state index in [1.807, 2.05) is 0 Å². The SMILES string of the molecule is CC(C)(Br)C(=O)O.CC(C)C(=O)O. The van der Waals surface area contributed by atoms with E-state index < -0.39 is 16.3 Å². The van der Waals surface area contributed by atoms with Gasteiger partial charge in [-0.05, 0) is 13.8 Å². The molecule has 0 aliphatic carbocycles. The summed E-state index contributed by atoms with van der Waals surface area (Å²) in [7, 11) is 0. The summed E-state index contributed by atoms with van der Waals surface area (Å²) < 4.78 is -0.771. The molecule has 0 saturated carbocycles. The maximum Gasteiger partial charge on any atom is 0.319 e.